The number of primary amides is 1. The maximum Gasteiger partial charge on any atom is 0.250 e. The van der Waals surface area contributed by atoms with E-state index in [1.807, 2.05) is 18.2 Å². The molecule has 6 heteroatoms. The summed E-state index contributed by atoms with van der Waals surface area (Å²) in [5.41, 5.74) is 13.5. The maximum absolute atomic E-state index is 11.4. The van der Waals surface area contributed by atoms with Crippen molar-refractivity contribution in [1.82, 2.24) is 4.98 Å². The summed E-state index contributed by atoms with van der Waals surface area (Å²) in [5, 5.41) is 0.305. The molecule has 1 aromatic heterocycles. The Balaban J connectivity index is 2.61. The molecular weight excluding hydrogens is 330 g/mol. The van der Waals surface area contributed by atoms with Crippen molar-refractivity contribution in [2.75, 3.05) is 0 Å². The molecule has 1 heterocycles. The van der Waals surface area contributed by atoms with E-state index < -0.39 is 5.91 Å². The molecule has 0 aliphatic rings. The van der Waals surface area contributed by atoms with E-state index in [2.05, 4.69) is 20.9 Å². The average Bonchev–Trinajstić information content (AvgIpc) is 2.38. The number of hydrogen-bond donors (Lipinski definition) is 2. The van der Waals surface area contributed by atoms with Crippen molar-refractivity contribution in [2.45, 2.75) is 6.54 Å². The minimum absolute atomic E-state index is 0.305. The summed E-state index contributed by atoms with van der Waals surface area (Å²) in [6.07, 6.45) is 0. The lowest BCUT2D eigenvalue weighted by Crippen LogP contribution is -2.13. The van der Waals surface area contributed by atoms with Crippen LogP contribution < -0.4 is 11.5 Å². The number of nitrogens with zero attached hydrogens (tertiary/aromatic N) is 1. The van der Waals surface area contributed by atoms with Crippen molar-refractivity contribution in [3.05, 3.63) is 51.1 Å². The van der Waals surface area contributed by atoms with E-state index in [9.17, 15) is 4.79 Å². The van der Waals surface area contributed by atoms with Crippen LogP contribution in [0.4, 0.5) is 0 Å². The third-order valence-corrected chi connectivity index (χ3v) is 3.62. The standard InChI is InChI=1S/C13H11BrClN3O/c14-10-5-7(1-2-8(10)6-16)12-9(13(17)19)3-4-11(15)18-12/h1-5H,6,16H2,(H2,17,19). The molecule has 98 valence electrons. The molecule has 1 aromatic carbocycles. The first-order valence-electron chi connectivity index (χ1n) is 5.48. The molecule has 1 amide bonds. The molecule has 4 nitrogen and oxygen atoms in total. The molecule has 0 bridgehead atoms. The lowest BCUT2D eigenvalue weighted by atomic mass is 10.0. The van der Waals surface area contributed by atoms with Gasteiger partial charge in [-0.25, -0.2) is 4.98 Å². The fourth-order valence-corrected chi connectivity index (χ4v) is 2.40. The van der Waals surface area contributed by atoms with Crippen molar-refractivity contribution in [1.29, 1.82) is 0 Å². The predicted molar refractivity (Wildman–Crippen MR) is 78.8 cm³/mol. The normalized spacial score (nSPS) is 10.5. The van der Waals surface area contributed by atoms with Crippen LogP contribution in [0.15, 0.2) is 34.8 Å². The topological polar surface area (TPSA) is 82.0 Å². The Bertz CT molecular complexity index is 646. The summed E-state index contributed by atoms with van der Waals surface area (Å²) in [6, 6.07) is 8.64. The smallest absolute Gasteiger partial charge is 0.250 e. The van der Waals surface area contributed by atoms with Gasteiger partial charge < -0.3 is 11.5 Å². The Morgan fingerprint density at radius 3 is 2.63 bits per heavy atom. The summed E-state index contributed by atoms with van der Waals surface area (Å²) in [4.78, 5) is 15.6. The number of carbonyl (C=O) groups is 1. The van der Waals surface area contributed by atoms with Crippen molar-refractivity contribution in [2.24, 2.45) is 11.5 Å². The number of amides is 1. The van der Waals surface area contributed by atoms with Gasteiger partial charge in [-0.15, -0.1) is 0 Å². The molecule has 0 aliphatic carbocycles. The highest BCUT2D eigenvalue weighted by molar-refractivity contribution is 9.10. The van der Waals surface area contributed by atoms with Gasteiger partial charge >= 0.3 is 0 Å². The Kier molecular flexibility index (Phi) is 4.19. The van der Waals surface area contributed by atoms with Crippen LogP contribution in [0.5, 0.6) is 0 Å². The van der Waals surface area contributed by atoms with Crippen LogP contribution in [0.25, 0.3) is 11.3 Å². The summed E-state index contributed by atoms with van der Waals surface area (Å²) in [6.45, 7) is 0.423. The van der Waals surface area contributed by atoms with Gasteiger partial charge in [-0.3, -0.25) is 4.79 Å². The second kappa shape index (κ2) is 5.69. The first kappa shape index (κ1) is 14.0. The maximum atomic E-state index is 11.4. The minimum atomic E-state index is -0.543. The van der Waals surface area contributed by atoms with Crippen LogP contribution in [-0.2, 0) is 6.54 Å². The van der Waals surface area contributed by atoms with Crippen LogP contribution in [-0.4, -0.2) is 10.9 Å². The monoisotopic (exact) mass is 339 g/mol. The van der Waals surface area contributed by atoms with Crippen molar-refractivity contribution >= 4 is 33.4 Å². The number of carbonyl (C=O) groups excluding carboxylic acids is 1. The van der Waals surface area contributed by atoms with Crippen molar-refractivity contribution < 1.29 is 4.79 Å². The largest absolute Gasteiger partial charge is 0.366 e. The molecule has 0 aliphatic heterocycles. The van der Waals surface area contributed by atoms with Crippen molar-refractivity contribution in [3.8, 4) is 11.3 Å². The van der Waals surface area contributed by atoms with Gasteiger partial charge in [0.2, 0.25) is 0 Å². The summed E-state index contributed by atoms with van der Waals surface area (Å²) in [5.74, 6) is -0.543. The van der Waals surface area contributed by atoms with Crippen molar-refractivity contribution in [3.63, 3.8) is 0 Å². The number of benzene rings is 1. The molecule has 0 radical (unpaired) electrons. The number of pyridine rings is 1. The Morgan fingerprint density at radius 1 is 1.32 bits per heavy atom. The van der Waals surface area contributed by atoms with Gasteiger partial charge in [-0.2, -0.15) is 0 Å². The second-order valence-electron chi connectivity index (χ2n) is 3.90. The van der Waals surface area contributed by atoms with Gasteiger partial charge in [0.1, 0.15) is 5.15 Å². The molecule has 4 N–H and O–H groups in total. The second-order valence-corrected chi connectivity index (χ2v) is 5.15. The van der Waals surface area contributed by atoms with Crippen LogP contribution in [0.2, 0.25) is 5.15 Å². The van der Waals surface area contributed by atoms with E-state index in [1.54, 1.807) is 6.07 Å². The Labute approximate surface area is 123 Å². The summed E-state index contributed by atoms with van der Waals surface area (Å²) in [7, 11) is 0. The number of hydrogen-bond acceptors (Lipinski definition) is 3. The molecule has 0 unspecified atom stereocenters. The van der Waals surface area contributed by atoms with E-state index in [-0.39, 0.29) is 0 Å². The molecule has 0 saturated carbocycles. The molecule has 0 fully saturated rings. The molecule has 0 spiro atoms. The zero-order valence-electron chi connectivity index (χ0n) is 9.86. The van der Waals surface area contributed by atoms with Crippen LogP contribution in [0.3, 0.4) is 0 Å². The molecule has 2 aromatic rings. The Hall–Kier alpha value is -1.43. The van der Waals surface area contributed by atoms with E-state index in [0.29, 0.717) is 23.0 Å². The minimum Gasteiger partial charge on any atom is -0.366 e. The molecule has 0 atom stereocenters. The van der Waals surface area contributed by atoms with Gasteiger partial charge in [0.15, 0.2) is 0 Å². The number of rotatable bonds is 3. The summed E-state index contributed by atoms with van der Waals surface area (Å²) >= 11 is 9.30. The summed E-state index contributed by atoms with van der Waals surface area (Å²) < 4.78 is 0.852. The van der Waals surface area contributed by atoms with Gasteiger partial charge in [0.25, 0.3) is 5.91 Å². The SMILES string of the molecule is NCc1ccc(-c2nc(Cl)ccc2C(N)=O)cc1Br. The van der Waals surface area contributed by atoms with Gasteiger partial charge in [-0.05, 0) is 23.8 Å². The van der Waals surface area contributed by atoms with Gasteiger partial charge in [-0.1, -0.05) is 39.7 Å². The molecule has 2 rings (SSSR count). The number of aromatic nitrogens is 1. The fourth-order valence-electron chi connectivity index (χ4n) is 1.71. The Morgan fingerprint density at radius 2 is 2.05 bits per heavy atom. The van der Waals surface area contributed by atoms with Crippen LogP contribution in [0, 0.1) is 0 Å². The molecule has 19 heavy (non-hydrogen) atoms. The first-order valence-corrected chi connectivity index (χ1v) is 6.65. The first-order chi connectivity index (χ1) is 9.02. The third-order valence-electron chi connectivity index (χ3n) is 2.67. The van der Waals surface area contributed by atoms with E-state index in [1.165, 1.54) is 6.07 Å². The zero-order valence-corrected chi connectivity index (χ0v) is 12.2. The zero-order chi connectivity index (χ0) is 14.0. The van der Waals surface area contributed by atoms with Gasteiger partial charge in [0.05, 0.1) is 11.3 Å². The molecule has 0 saturated heterocycles. The average molecular weight is 341 g/mol. The highest BCUT2D eigenvalue weighted by Crippen LogP contribution is 2.28. The van der Waals surface area contributed by atoms with E-state index in [4.69, 9.17) is 23.1 Å². The fraction of sp³-hybridized carbons (Fsp3) is 0.0769. The quantitative estimate of drug-likeness (QED) is 0.843. The van der Waals surface area contributed by atoms with Crippen LogP contribution >= 0.6 is 27.5 Å². The highest BCUT2D eigenvalue weighted by atomic mass is 79.9. The molecular formula is C13H11BrClN3O. The third kappa shape index (κ3) is 2.94. The lowest BCUT2D eigenvalue weighted by Gasteiger charge is -2.09. The van der Waals surface area contributed by atoms with E-state index >= 15 is 0 Å². The van der Waals surface area contributed by atoms with E-state index in [0.717, 1.165) is 15.6 Å². The highest BCUT2D eigenvalue weighted by Gasteiger charge is 2.13. The van der Waals surface area contributed by atoms with Crippen LogP contribution in [0.1, 0.15) is 15.9 Å². The van der Waals surface area contributed by atoms with Gasteiger partial charge in [0, 0.05) is 16.6 Å². The number of halogens is 2. The lowest BCUT2D eigenvalue weighted by molar-refractivity contribution is 0.100. The number of nitrogens with two attached hydrogens (primary N) is 2. The predicted octanol–water partition coefficient (Wildman–Crippen LogP) is 2.72.